The summed E-state index contributed by atoms with van der Waals surface area (Å²) in [5.41, 5.74) is 3.25. The van der Waals surface area contributed by atoms with Crippen molar-refractivity contribution in [1.82, 2.24) is 14.5 Å². The number of aliphatic hydroxyl groups is 2. The average Bonchev–Trinajstić information content (AvgIpc) is 3.32. The normalized spacial score (nSPS) is 16.1. The van der Waals surface area contributed by atoms with E-state index in [2.05, 4.69) is 31.2 Å². The minimum Gasteiger partial charge on any atom is -0.393 e. The van der Waals surface area contributed by atoms with Crippen LogP contribution in [-0.4, -0.2) is 55.9 Å². The van der Waals surface area contributed by atoms with Gasteiger partial charge in [0.2, 0.25) is 0 Å². The number of halogens is 1. The number of carbonyl (C=O) groups excluding carboxylic acids is 1. The first-order valence-corrected chi connectivity index (χ1v) is 13.6. The quantitative estimate of drug-likeness (QED) is 0.367. The first-order chi connectivity index (χ1) is 18.3. The zero-order chi connectivity index (χ0) is 27.2. The molecule has 7 heteroatoms. The lowest BCUT2D eigenvalue weighted by Gasteiger charge is -2.32. The fourth-order valence-corrected chi connectivity index (χ4v) is 5.37. The van der Waals surface area contributed by atoms with Gasteiger partial charge < -0.3 is 19.7 Å². The zero-order valence-electron chi connectivity index (χ0n) is 22.4. The van der Waals surface area contributed by atoms with Crippen LogP contribution in [0.4, 0.5) is 4.39 Å². The number of likely N-dealkylation sites (tertiary alicyclic amines) is 1. The van der Waals surface area contributed by atoms with E-state index in [0.29, 0.717) is 55.5 Å². The molecule has 1 fully saturated rings. The molecule has 1 radical (unpaired) electrons. The fraction of sp³-hybridized carbons (Fsp3) is 0.452. The summed E-state index contributed by atoms with van der Waals surface area (Å²) in [4.78, 5) is 20.6. The lowest BCUT2D eigenvalue weighted by molar-refractivity contribution is 0.0705. The number of aromatic nitrogens is 2. The van der Waals surface area contributed by atoms with E-state index in [4.69, 9.17) is 4.98 Å². The van der Waals surface area contributed by atoms with E-state index in [9.17, 15) is 19.4 Å². The predicted molar refractivity (Wildman–Crippen MR) is 147 cm³/mol. The van der Waals surface area contributed by atoms with Crippen molar-refractivity contribution in [1.29, 1.82) is 0 Å². The van der Waals surface area contributed by atoms with Gasteiger partial charge in [0.1, 0.15) is 11.6 Å². The molecule has 0 bridgehead atoms. The lowest BCUT2D eigenvalue weighted by atomic mass is 9.89. The van der Waals surface area contributed by atoms with Crippen LogP contribution in [0.2, 0.25) is 0 Å². The molecule has 1 aliphatic rings. The Balaban J connectivity index is 1.62. The Kier molecular flexibility index (Phi) is 9.34. The average molecular weight is 521 g/mol. The highest BCUT2D eigenvalue weighted by molar-refractivity contribution is 5.94. The van der Waals surface area contributed by atoms with Crippen molar-refractivity contribution in [2.45, 2.75) is 76.5 Å². The van der Waals surface area contributed by atoms with E-state index in [0.717, 1.165) is 18.5 Å². The molecule has 3 aromatic rings. The van der Waals surface area contributed by atoms with Crippen molar-refractivity contribution < 1.29 is 19.4 Å². The molecule has 1 aromatic heterocycles. The van der Waals surface area contributed by atoms with Crippen molar-refractivity contribution in [3.8, 4) is 11.4 Å². The van der Waals surface area contributed by atoms with Gasteiger partial charge in [-0.3, -0.25) is 4.79 Å². The highest BCUT2D eigenvalue weighted by atomic mass is 19.1. The van der Waals surface area contributed by atoms with E-state index >= 15 is 0 Å². The monoisotopic (exact) mass is 520 g/mol. The van der Waals surface area contributed by atoms with E-state index < -0.39 is 12.2 Å². The maximum atomic E-state index is 13.8. The topological polar surface area (TPSA) is 78.6 Å². The standard InChI is InChI=1S/C31H39FN3O3/c1-4-26(36)20-27(37)16-19-35-29(21(2)3)28(33-30(35)24-10-12-25(32)13-11-24)31(38)34-17-14-23(15-18-34)22-8-6-5-7-9-22/h5-13,21,23,26-27,36-37H,1,4,14-20H2,2-3H3. The second-order valence-electron chi connectivity index (χ2n) is 10.6. The molecule has 2 aromatic carbocycles. The number of benzene rings is 2. The minimum atomic E-state index is -0.716. The number of aliphatic hydroxyl groups excluding tert-OH is 2. The SMILES string of the molecule is [CH2]CC(O)CC(O)CCn1c(-c2ccc(F)cc2)nc(C(=O)N2CCC(c3ccccc3)CC2)c1C(C)C. The number of nitrogens with zero attached hydrogens (tertiary/aromatic N) is 3. The molecular formula is C31H39FN3O3. The number of imidazole rings is 1. The first-order valence-electron chi connectivity index (χ1n) is 13.6. The summed E-state index contributed by atoms with van der Waals surface area (Å²) < 4.78 is 15.7. The molecule has 0 spiro atoms. The summed E-state index contributed by atoms with van der Waals surface area (Å²) in [6.07, 6.45) is 1.38. The van der Waals surface area contributed by atoms with Crippen LogP contribution in [0.15, 0.2) is 54.6 Å². The van der Waals surface area contributed by atoms with Gasteiger partial charge >= 0.3 is 0 Å². The second-order valence-corrected chi connectivity index (χ2v) is 10.6. The van der Waals surface area contributed by atoms with Crippen molar-refractivity contribution in [3.63, 3.8) is 0 Å². The van der Waals surface area contributed by atoms with Gasteiger partial charge in [-0.2, -0.15) is 0 Å². The largest absolute Gasteiger partial charge is 0.393 e. The van der Waals surface area contributed by atoms with Crippen LogP contribution >= 0.6 is 0 Å². The van der Waals surface area contributed by atoms with Crippen molar-refractivity contribution in [2.75, 3.05) is 13.1 Å². The molecule has 1 saturated heterocycles. The first kappa shape index (κ1) is 28.0. The molecule has 1 amide bonds. The van der Waals surface area contributed by atoms with Crippen LogP contribution in [0.3, 0.4) is 0 Å². The van der Waals surface area contributed by atoms with Gasteiger partial charge in [0.05, 0.1) is 17.9 Å². The summed E-state index contributed by atoms with van der Waals surface area (Å²) in [5.74, 6) is 0.593. The zero-order valence-corrected chi connectivity index (χ0v) is 22.4. The maximum absolute atomic E-state index is 13.8. The minimum absolute atomic E-state index is 0.0000751. The molecule has 0 aliphatic carbocycles. The Bertz CT molecular complexity index is 1190. The number of rotatable bonds is 10. The second kappa shape index (κ2) is 12.7. The van der Waals surface area contributed by atoms with Gasteiger partial charge in [-0.1, -0.05) is 51.1 Å². The Morgan fingerprint density at radius 1 is 1.05 bits per heavy atom. The molecule has 2 heterocycles. The smallest absolute Gasteiger partial charge is 0.274 e. The Morgan fingerprint density at radius 3 is 2.32 bits per heavy atom. The van der Waals surface area contributed by atoms with Crippen LogP contribution < -0.4 is 0 Å². The number of hydrogen-bond acceptors (Lipinski definition) is 4. The summed E-state index contributed by atoms with van der Waals surface area (Å²) in [5, 5.41) is 20.4. The fourth-order valence-electron chi connectivity index (χ4n) is 5.37. The predicted octanol–water partition coefficient (Wildman–Crippen LogP) is 5.56. The number of hydrogen-bond donors (Lipinski definition) is 2. The van der Waals surface area contributed by atoms with Crippen LogP contribution in [0.5, 0.6) is 0 Å². The van der Waals surface area contributed by atoms with E-state index in [1.165, 1.54) is 17.7 Å². The van der Waals surface area contributed by atoms with E-state index in [-0.39, 0.29) is 24.1 Å². The van der Waals surface area contributed by atoms with Crippen molar-refractivity contribution in [2.24, 2.45) is 0 Å². The third kappa shape index (κ3) is 6.51. The highest BCUT2D eigenvalue weighted by Gasteiger charge is 2.31. The van der Waals surface area contributed by atoms with Gasteiger partial charge in [0.15, 0.2) is 5.69 Å². The van der Waals surface area contributed by atoms with Gasteiger partial charge in [-0.15, -0.1) is 0 Å². The molecule has 203 valence electrons. The van der Waals surface area contributed by atoms with Crippen LogP contribution in [0.25, 0.3) is 11.4 Å². The molecule has 2 unspecified atom stereocenters. The Hall–Kier alpha value is -3.03. The number of carbonyl (C=O) groups is 1. The Morgan fingerprint density at radius 2 is 1.71 bits per heavy atom. The highest BCUT2D eigenvalue weighted by Crippen LogP contribution is 2.32. The molecule has 6 nitrogen and oxygen atoms in total. The molecule has 1 aliphatic heterocycles. The maximum Gasteiger partial charge on any atom is 0.274 e. The van der Waals surface area contributed by atoms with Crippen molar-refractivity contribution in [3.05, 3.63) is 84.3 Å². The summed E-state index contributed by atoms with van der Waals surface area (Å²) in [7, 11) is 0. The van der Waals surface area contributed by atoms with E-state index in [1.807, 2.05) is 29.4 Å². The van der Waals surface area contributed by atoms with E-state index in [1.54, 1.807) is 12.1 Å². The van der Waals surface area contributed by atoms with Gasteiger partial charge in [-0.05, 0) is 73.8 Å². The van der Waals surface area contributed by atoms with Gasteiger partial charge in [0, 0.05) is 25.2 Å². The van der Waals surface area contributed by atoms with Gasteiger partial charge in [-0.25, -0.2) is 9.37 Å². The number of piperidine rings is 1. The van der Waals surface area contributed by atoms with Gasteiger partial charge in [0.25, 0.3) is 5.91 Å². The van der Waals surface area contributed by atoms with Crippen LogP contribution in [0.1, 0.15) is 79.5 Å². The van der Waals surface area contributed by atoms with Crippen LogP contribution in [-0.2, 0) is 6.54 Å². The molecule has 0 saturated carbocycles. The molecule has 4 rings (SSSR count). The molecule has 2 N–H and O–H groups in total. The molecule has 2 atom stereocenters. The summed E-state index contributed by atoms with van der Waals surface area (Å²) >= 11 is 0. The van der Waals surface area contributed by atoms with Crippen molar-refractivity contribution >= 4 is 5.91 Å². The lowest BCUT2D eigenvalue weighted by Crippen LogP contribution is -2.38. The third-order valence-electron chi connectivity index (χ3n) is 7.48. The third-order valence-corrected chi connectivity index (χ3v) is 7.48. The summed E-state index contributed by atoms with van der Waals surface area (Å²) in [6, 6.07) is 16.6. The van der Waals surface area contributed by atoms with Crippen LogP contribution in [0, 0.1) is 12.7 Å². The number of amides is 1. The molecular weight excluding hydrogens is 481 g/mol. The Labute approximate surface area is 225 Å². The summed E-state index contributed by atoms with van der Waals surface area (Å²) in [6.45, 7) is 9.50. The molecule has 38 heavy (non-hydrogen) atoms.